The minimum atomic E-state index is -0.657. The molecule has 5 nitrogen and oxygen atoms in total. The minimum Gasteiger partial charge on any atom is -0.497 e. The molecule has 0 saturated carbocycles. The molecule has 0 unspecified atom stereocenters. The molecule has 0 N–H and O–H groups in total. The summed E-state index contributed by atoms with van der Waals surface area (Å²) < 4.78 is 5.34. The molecule has 2 amide bonds. The van der Waals surface area contributed by atoms with Gasteiger partial charge in [-0.15, -0.1) is 0 Å². The highest BCUT2D eigenvalue weighted by atomic mass is 16.5. The molecule has 1 heterocycles. The van der Waals surface area contributed by atoms with Crippen molar-refractivity contribution in [1.29, 1.82) is 0 Å². The lowest BCUT2D eigenvalue weighted by Gasteiger charge is -2.34. The molecule has 3 rings (SSSR count). The molecule has 1 aromatic rings. The maximum Gasteiger partial charge on any atom is 0.240 e. The number of hydrogen-bond acceptors (Lipinski definition) is 4. The van der Waals surface area contributed by atoms with Gasteiger partial charge in [-0.2, -0.15) is 0 Å². The first kappa shape index (κ1) is 19.9. The number of fused-ring (bicyclic) bond motifs is 2. The lowest BCUT2D eigenvalue weighted by atomic mass is 9.69. The average Bonchev–Trinajstić information content (AvgIpc) is 2.91. The van der Waals surface area contributed by atoms with E-state index >= 15 is 0 Å². The molecule has 1 saturated heterocycles. The van der Waals surface area contributed by atoms with Crippen molar-refractivity contribution >= 4 is 11.8 Å². The van der Waals surface area contributed by atoms with Crippen molar-refractivity contribution < 1.29 is 14.3 Å². The molecular weight excluding hydrogens is 340 g/mol. The summed E-state index contributed by atoms with van der Waals surface area (Å²) in [6, 6.07) is 6.30. The lowest BCUT2D eigenvalue weighted by molar-refractivity contribution is -0.140. The Morgan fingerprint density at radius 2 is 2.00 bits per heavy atom. The van der Waals surface area contributed by atoms with Crippen LogP contribution in [-0.2, 0) is 21.4 Å². The topological polar surface area (TPSA) is 49.9 Å². The van der Waals surface area contributed by atoms with Gasteiger partial charge in [-0.3, -0.25) is 14.5 Å². The first-order chi connectivity index (χ1) is 13.0. The third kappa shape index (κ3) is 3.49. The SMILES string of the molecule is CCN(CC)[C@@H](C)CCN1C(=O)C[C@]2(CCCc3cc(OC)ccc32)C1=O. The van der Waals surface area contributed by atoms with Crippen molar-refractivity contribution in [1.82, 2.24) is 9.80 Å². The molecule has 148 valence electrons. The Hall–Kier alpha value is -1.88. The summed E-state index contributed by atoms with van der Waals surface area (Å²) in [7, 11) is 1.66. The second-order valence-corrected chi connectivity index (χ2v) is 7.84. The fourth-order valence-electron chi connectivity index (χ4n) is 4.86. The number of carbonyl (C=O) groups is 2. The van der Waals surface area contributed by atoms with E-state index < -0.39 is 5.41 Å². The van der Waals surface area contributed by atoms with Gasteiger partial charge in [0.1, 0.15) is 5.75 Å². The van der Waals surface area contributed by atoms with Gasteiger partial charge in [0, 0.05) is 19.0 Å². The quantitative estimate of drug-likeness (QED) is 0.690. The molecule has 2 atom stereocenters. The maximum absolute atomic E-state index is 13.4. The van der Waals surface area contributed by atoms with Gasteiger partial charge in [-0.05, 0) is 69.0 Å². The van der Waals surface area contributed by atoms with E-state index in [9.17, 15) is 9.59 Å². The third-order valence-electron chi connectivity index (χ3n) is 6.49. The van der Waals surface area contributed by atoms with E-state index in [1.54, 1.807) is 7.11 Å². The standard InChI is InChI=1S/C22H32N2O3/c1-5-23(6-2)16(3)11-13-24-20(25)15-22(21(24)26)12-7-8-17-14-18(27-4)9-10-19(17)22/h9-10,14,16H,5-8,11-13,15H2,1-4H3/t16-,22-/m0/s1. The number of hydrogen-bond donors (Lipinski definition) is 0. The highest BCUT2D eigenvalue weighted by molar-refractivity contribution is 6.09. The summed E-state index contributed by atoms with van der Waals surface area (Å²) in [4.78, 5) is 30.1. The van der Waals surface area contributed by atoms with Gasteiger partial charge in [0.25, 0.3) is 0 Å². The number of amides is 2. The van der Waals surface area contributed by atoms with E-state index in [4.69, 9.17) is 4.74 Å². The van der Waals surface area contributed by atoms with Gasteiger partial charge < -0.3 is 9.64 Å². The van der Waals surface area contributed by atoms with Crippen LogP contribution >= 0.6 is 0 Å². The van der Waals surface area contributed by atoms with Crippen LogP contribution in [0.2, 0.25) is 0 Å². The average molecular weight is 373 g/mol. The Morgan fingerprint density at radius 3 is 2.67 bits per heavy atom. The zero-order valence-corrected chi connectivity index (χ0v) is 17.1. The van der Waals surface area contributed by atoms with E-state index in [-0.39, 0.29) is 11.8 Å². The summed E-state index contributed by atoms with van der Waals surface area (Å²) >= 11 is 0. The van der Waals surface area contributed by atoms with Crippen LogP contribution in [0.25, 0.3) is 0 Å². The fourth-order valence-corrected chi connectivity index (χ4v) is 4.86. The molecule has 1 aromatic carbocycles. The van der Waals surface area contributed by atoms with Crippen molar-refractivity contribution in [3.63, 3.8) is 0 Å². The monoisotopic (exact) mass is 372 g/mol. The third-order valence-corrected chi connectivity index (χ3v) is 6.49. The van der Waals surface area contributed by atoms with Crippen LogP contribution in [0.4, 0.5) is 0 Å². The number of methoxy groups -OCH3 is 1. The first-order valence-electron chi connectivity index (χ1n) is 10.2. The summed E-state index contributed by atoms with van der Waals surface area (Å²) in [5.41, 5.74) is 1.53. The van der Waals surface area contributed by atoms with Crippen molar-refractivity contribution in [2.75, 3.05) is 26.7 Å². The van der Waals surface area contributed by atoms with Gasteiger partial charge in [0.2, 0.25) is 11.8 Å². The summed E-state index contributed by atoms with van der Waals surface area (Å²) in [6.45, 7) is 8.96. The molecule has 1 spiro atoms. The molecule has 0 radical (unpaired) electrons. The van der Waals surface area contributed by atoms with Crippen LogP contribution in [0.1, 0.15) is 57.6 Å². The van der Waals surface area contributed by atoms with Crippen molar-refractivity contribution in [3.8, 4) is 5.75 Å². The summed E-state index contributed by atoms with van der Waals surface area (Å²) in [5, 5.41) is 0. The molecule has 5 heteroatoms. The number of aryl methyl sites for hydroxylation is 1. The maximum atomic E-state index is 13.4. The fraction of sp³-hybridized carbons (Fsp3) is 0.636. The zero-order chi connectivity index (χ0) is 19.6. The van der Waals surface area contributed by atoms with Crippen LogP contribution in [0.5, 0.6) is 5.75 Å². The Morgan fingerprint density at radius 1 is 1.26 bits per heavy atom. The number of benzene rings is 1. The van der Waals surface area contributed by atoms with Crippen LogP contribution in [-0.4, -0.2) is 54.4 Å². The minimum absolute atomic E-state index is 0.00497. The molecule has 1 fully saturated rings. The van der Waals surface area contributed by atoms with Crippen molar-refractivity contribution in [3.05, 3.63) is 29.3 Å². The van der Waals surface area contributed by atoms with Crippen molar-refractivity contribution in [2.24, 2.45) is 0 Å². The van der Waals surface area contributed by atoms with Crippen LogP contribution in [0, 0.1) is 0 Å². The van der Waals surface area contributed by atoms with Crippen LogP contribution < -0.4 is 4.74 Å². The molecule has 2 aliphatic rings. The molecule has 0 bridgehead atoms. The predicted molar refractivity (Wildman–Crippen MR) is 106 cm³/mol. The second-order valence-electron chi connectivity index (χ2n) is 7.84. The van der Waals surface area contributed by atoms with Gasteiger partial charge in [-0.25, -0.2) is 0 Å². The number of likely N-dealkylation sites (tertiary alicyclic amines) is 1. The molecular formula is C22H32N2O3. The van der Waals surface area contributed by atoms with E-state index in [2.05, 4.69) is 25.7 Å². The number of carbonyl (C=O) groups excluding carboxylic acids is 2. The Balaban J connectivity index is 1.80. The largest absolute Gasteiger partial charge is 0.497 e. The molecule has 27 heavy (non-hydrogen) atoms. The lowest BCUT2D eigenvalue weighted by Crippen LogP contribution is -2.42. The predicted octanol–water partition coefficient (Wildman–Crippen LogP) is 3.15. The number of rotatable bonds is 7. The van der Waals surface area contributed by atoms with Crippen LogP contribution in [0.3, 0.4) is 0 Å². The van der Waals surface area contributed by atoms with E-state index in [0.29, 0.717) is 19.0 Å². The van der Waals surface area contributed by atoms with Crippen molar-refractivity contribution in [2.45, 2.75) is 64.3 Å². The smallest absolute Gasteiger partial charge is 0.240 e. The highest BCUT2D eigenvalue weighted by Crippen LogP contribution is 2.46. The van der Waals surface area contributed by atoms with Gasteiger partial charge in [0.15, 0.2) is 0 Å². The zero-order valence-electron chi connectivity index (χ0n) is 17.1. The van der Waals surface area contributed by atoms with E-state index in [1.165, 1.54) is 4.90 Å². The molecule has 1 aliphatic heterocycles. The summed E-state index contributed by atoms with van der Waals surface area (Å²) in [5.74, 6) is 0.799. The van der Waals surface area contributed by atoms with Gasteiger partial charge in [-0.1, -0.05) is 19.9 Å². The Bertz CT molecular complexity index is 714. The number of ether oxygens (including phenoxy) is 1. The van der Waals surface area contributed by atoms with Gasteiger partial charge >= 0.3 is 0 Å². The van der Waals surface area contributed by atoms with Gasteiger partial charge in [0.05, 0.1) is 12.5 Å². The molecule has 1 aliphatic carbocycles. The highest BCUT2D eigenvalue weighted by Gasteiger charge is 2.53. The molecule has 0 aromatic heterocycles. The number of nitrogens with zero attached hydrogens (tertiary/aromatic N) is 2. The Kier molecular flexibility index (Phi) is 5.89. The van der Waals surface area contributed by atoms with E-state index in [0.717, 1.165) is 55.6 Å². The second kappa shape index (κ2) is 8.01. The number of imide groups is 1. The van der Waals surface area contributed by atoms with Crippen LogP contribution in [0.15, 0.2) is 18.2 Å². The normalized spacial score (nSPS) is 23.2. The van der Waals surface area contributed by atoms with E-state index in [1.807, 2.05) is 18.2 Å². The Labute approximate surface area is 162 Å². The first-order valence-corrected chi connectivity index (χ1v) is 10.2. The summed E-state index contributed by atoms with van der Waals surface area (Å²) in [6.07, 6.45) is 3.77.